The Bertz CT molecular complexity index is 556. The molecule has 0 atom stereocenters. The Kier molecular flexibility index (Phi) is 8.83. The minimum Gasteiger partial charge on any atom is -0.357 e. The highest BCUT2D eigenvalue weighted by molar-refractivity contribution is 5.81. The van der Waals surface area contributed by atoms with Gasteiger partial charge in [-0.1, -0.05) is 12.1 Å². The number of amides is 1. The van der Waals surface area contributed by atoms with E-state index in [2.05, 4.69) is 15.6 Å². The highest BCUT2D eigenvalue weighted by atomic mass is 19.1. The van der Waals surface area contributed by atoms with E-state index in [1.54, 1.807) is 17.9 Å². The summed E-state index contributed by atoms with van der Waals surface area (Å²) in [7, 11) is 0. The summed E-state index contributed by atoms with van der Waals surface area (Å²) >= 11 is 0. The highest BCUT2D eigenvalue weighted by Crippen LogP contribution is 2.09. The van der Waals surface area contributed by atoms with Gasteiger partial charge in [-0.05, 0) is 44.9 Å². The van der Waals surface area contributed by atoms with Gasteiger partial charge in [-0.25, -0.2) is 9.38 Å². The van der Waals surface area contributed by atoms with Gasteiger partial charge in [0, 0.05) is 32.6 Å². The van der Waals surface area contributed by atoms with Crippen molar-refractivity contribution in [3.63, 3.8) is 0 Å². The predicted molar refractivity (Wildman–Crippen MR) is 96.5 cm³/mol. The molecule has 0 aliphatic rings. The van der Waals surface area contributed by atoms with Crippen molar-refractivity contribution in [2.45, 2.75) is 40.7 Å². The molecule has 1 rings (SSSR count). The first kappa shape index (κ1) is 19.9. The van der Waals surface area contributed by atoms with E-state index in [-0.39, 0.29) is 11.7 Å². The van der Waals surface area contributed by atoms with Gasteiger partial charge in [0.05, 0.1) is 6.54 Å². The van der Waals surface area contributed by atoms with Gasteiger partial charge in [0.1, 0.15) is 5.82 Å². The number of aliphatic imine (C=N–C) groups is 1. The van der Waals surface area contributed by atoms with E-state index in [9.17, 15) is 9.18 Å². The number of guanidine groups is 1. The van der Waals surface area contributed by atoms with Crippen molar-refractivity contribution in [2.75, 3.05) is 26.2 Å². The smallest absolute Gasteiger partial charge is 0.224 e. The molecule has 134 valence electrons. The summed E-state index contributed by atoms with van der Waals surface area (Å²) in [6.07, 6.45) is 0.422. The standard InChI is InChI=1S/C18H29FN4O/c1-5-20-18(21-11-10-17(24)23(6-2)7-3)22-13-15-9-8-14(4)16(19)12-15/h8-9,12H,5-7,10-11,13H2,1-4H3,(H2,20,21,22). The van der Waals surface area contributed by atoms with Crippen molar-refractivity contribution in [1.82, 2.24) is 15.5 Å². The molecule has 2 N–H and O–H groups in total. The van der Waals surface area contributed by atoms with E-state index in [1.807, 2.05) is 26.8 Å². The van der Waals surface area contributed by atoms with Crippen molar-refractivity contribution < 1.29 is 9.18 Å². The lowest BCUT2D eigenvalue weighted by atomic mass is 10.1. The average Bonchev–Trinajstić information content (AvgIpc) is 2.56. The average molecular weight is 336 g/mol. The van der Waals surface area contributed by atoms with Crippen LogP contribution >= 0.6 is 0 Å². The summed E-state index contributed by atoms with van der Waals surface area (Å²) in [5, 5.41) is 6.28. The topological polar surface area (TPSA) is 56.7 Å². The lowest BCUT2D eigenvalue weighted by Gasteiger charge is -2.19. The van der Waals surface area contributed by atoms with Crippen molar-refractivity contribution >= 4 is 11.9 Å². The number of hydrogen-bond donors (Lipinski definition) is 2. The predicted octanol–water partition coefficient (Wildman–Crippen LogP) is 2.45. The fourth-order valence-corrected chi connectivity index (χ4v) is 2.27. The summed E-state index contributed by atoms with van der Waals surface area (Å²) in [5.41, 5.74) is 1.44. The first-order valence-electron chi connectivity index (χ1n) is 8.56. The number of halogens is 1. The van der Waals surface area contributed by atoms with E-state index in [0.29, 0.717) is 31.0 Å². The molecule has 0 aromatic heterocycles. The number of benzene rings is 1. The Labute approximate surface area is 144 Å². The number of rotatable bonds is 8. The Hall–Kier alpha value is -2.11. The minimum atomic E-state index is -0.217. The van der Waals surface area contributed by atoms with Gasteiger partial charge >= 0.3 is 0 Å². The molecule has 6 heteroatoms. The molecule has 0 spiro atoms. The van der Waals surface area contributed by atoms with E-state index in [1.165, 1.54) is 6.07 Å². The van der Waals surface area contributed by atoms with Crippen LogP contribution in [0.3, 0.4) is 0 Å². The van der Waals surface area contributed by atoms with Gasteiger partial charge in [-0.3, -0.25) is 4.79 Å². The summed E-state index contributed by atoms with van der Waals surface area (Å²) < 4.78 is 13.6. The first-order chi connectivity index (χ1) is 11.5. The van der Waals surface area contributed by atoms with Crippen molar-refractivity contribution in [2.24, 2.45) is 4.99 Å². The van der Waals surface area contributed by atoms with Crippen LogP contribution in [0.25, 0.3) is 0 Å². The number of carbonyl (C=O) groups excluding carboxylic acids is 1. The van der Waals surface area contributed by atoms with Gasteiger partial charge in [0.2, 0.25) is 5.91 Å². The van der Waals surface area contributed by atoms with Gasteiger partial charge < -0.3 is 15.5 Å². The second-order valence-corrected chi connectivity index (χ2v) is 5.52. The Morgan fingerprint density at radius 3 is 2.50 bits per heavy atom. The van der Waals surface area contributed by atoms with Crippen LogP contribution in [0.1, 0.15) is 38.3 Å². The second kappa shape index (κ2) is 10.6. The molecule has 0 fully saturated rings. The Morgan fingerprint density at radius 1 is 1.21 bits per heavy atom. The summed E-state index contributed by atoms with van der Waals surface area (Å²) in [4.78, 5) is 18.2. The molecule has 1 aromatic carbocycles. The second-order valence-electron chi connectivity index (χ2n) is 5.52. The molecule has 1 aromatic rings. The van der Waals surface area contributed by atoms with Crippen LogP contribution in [0.15, 0.2) is 23.2 Å². The molecule has 0 radical (unpaired) electrons. The molecule has 0 heterocycles. The van der Waals surface area contributed by atoms with Crippen LogP contribution in [0, 0.1) is 12.7 Å². The molecular weight excluding hydrogens is 307 g/mol. The van der Waals surface area contributed by atoms with E-state index in [0.717, 1.165) is 25.2 Å². The van der Waals surface area contributed by atoms with Crippen molar-refractivity contribution in [3.05, 3.63) is 35.1 Å². The van der Waals surface area contributed by atoms with Crippen LogP contribution in [-0.2, 0) is 11.3 Å². The van der Waals surface area contributed by atoms with Crippen molar-refractivity contribution in [3.8, 4) is 0 Å². The van der Waals surface area contributed by atoms with E-state index < -0.39 is 0 Å². The lowest BCUT2D eigenvalue weighted by Crippen LogP contribution is -2.40. The monoisotopic (exact) mass is 336 g/mol. The molecule has 0 aliphatic carbocycles. The highest BCUT2D eigenvalue weighted by Gasteiger charge is 2.09. The number of carbonyl (C=O) groups is 1. The summed E-state index contributed by atoms with van der Waals surface area (Å²) in [6.45, 7) is 10.7. The van der Waals surface area contributed by atoms with Gasteiger partial charge in [-0.2, -0.15) is 0 Å². The number of nitrogens with one attached hydrogen (secondary N) is 2. The third-order valence-electron chi connectivity index (χ3n) is 3.75. The number of hydrogen-bond acceptors (Lipinski definition) is 2. The number of aryl methyl sites for hydroxylation is 1. The maximum atomic E-state index is 13.6. The third kappa shape index (κ3) is 6.56. The lowest BCUT2D eigenvalue weighted by molar-refractivity contribution is -0.130. The van der Waals surface area contributed by atoms with Crippen LogP contribution in [-0.4, -0.2) is 42.9 Å². The maximum absolute atomic E-state index is 13.6. The number of nitrogens with zero attached hydrogens (tertiary/aromatic N) is 2. The maximum Gasteiger partial charge on any atom is 0.224 e. The molecule has 1 amide bonds. The van der Waals surface area contributed by atoms with E-state index >= 15 is 0 Å². The minimum absolute atomic E-state index is 0.129. The first-order valence-corrected chi connectivity index (χ1v) is 8.56. The molecule has 0 bridgehead atoms. The van der Waals surface area contributed by atoms with Crippen LogP contribution in [0.4, 0.5) is 4.39 Å². The zero-order valence-corrected chi connectivity index (χ0v) is 15.2. The molecule has 0 unspecified atom stereocenters. The van der Waals surface area contributed by atoms with Crippen LogP contribution in [0.5, 0.6) is 0 Å². The normalized spacial score (nSPS) is 11.3. The third-order valence-corrected chi connectivity index (χ3v) is 3.75. The molecule has 5 nitrogen and oxygen atoms in total. The fourth-order valence-electron chi connectivity index (χ4n) is 2.27. The molecular formula is C18H29FN4O. The quantitative estimate of drug-likeness (QED) is 0.566. The zero-order valence-electron chi connectivity index (χ0n) is 15.2. The molecule has 0 saturated carbocycles. The van der Waals surface area contributed by atoms with E-state index in [4.69, 9.17) is 0 Å². The van der Waals surface area contributed by atoms with Gasteiger partial charge in [0.25, 0.3) is 0 Å². The van der Waals surface area contributed by atoms with Gasteiger partial charge in [-0.15, -0.1) is 0 Å². The zero-order chi connectivity index (χ0) is 17.9. The fraction of sp³-hybridized carbons (Fsp3) is 0.556. The molecule has 0 aliphatic heterocycles. The summed E-state index contributed by atoms with van der Waals surface area (Å²) in [5.74, 6) is 0.542. The Balaban J connectivity index is 2.56. The molecule has 0 saturated heterocycles. The molecule has 24 heavy (non-hydrogen) atoms. The van der Waals surface area contributed by atoms with Crippen molar-refractivity contribution in [1.29, 1.82) is 0 Å². The van der Waals surface area contributed by atoms with Crippen LogP contribution < -0.4 is 10.6 Å². The van der Waals surface area contributed by atoms with Gasteiger partial charge in [0.15, 0.2) is 5.96 Å². The van der Waals surface area contributed by atoms with Crippen LogP contribution in [0.2, 0.25) is 0 Å². The SMILES string of the molecule is CCNC(=NCc1ccc(C)c(F)c1)NCCC(=O)N(CC)CC. The largest absolute Gasteiger partial charge is 0.357 e. The summed E-state index contributed by atoms with van der Waals surface area (Å²) in [6, 6.07) is 5.13. The Morgan fingerprint density at radius 2 is 1.92 bits per heavy atom.